The Labute approximate surface area is 91.6 Å². The number of carbonyl (C=O) groups excluding carboxylic acids is 1. The Bertz CT molecular complexity index is 246. The van der Waals surface area contributed by atoms with Gasteiger partial charge in [-0.05, 0) is 44.9 Å². The van der Waals surface area contributed by atoms with Gasteiger partial charge in [0.1, 0.15) is 5.60 Å². The molecule has 3 nitrogen and oxygen atoms in total. The second-order valence-electron chi connectivity index (χ2n) is 5.27. The minimum absolute atomic E-state index is 0.0964. The zero-order chi connectivity index (χ0) is 10.9. The summed E-state index contributed by atoms with van der Waals surface area (Å²) in [7, 11) is 0. The highest BCUT2D eigenvalue weighted by Crippen LogP contribution is 2.28. The van der Waals surface area contributed by atoms with Crippen LogP contribution in [0.2, 0.25) is 0 Å². The highest BCUT2D eigenvalue weighted by Gasteiger charge is 2.39. The van der Waals surface area contributed by atoms with Crippen LogP contribution in [0.25, 0.3) is 0 Å². The summed E-state index contributed by atoms with van der Waals surface area (Å²) in [4.78, 5) is 12.0. The van der Waals surface area contributed by atoms with Gasteiger partial charge in [0.2, 0.25) is 0 Å². The Morgan fingerprint density at radius 3 is 2.80 bits per heavy atom. The summed E-state index contributed by atoms with van der Waals surface area (Å²) in [6, 6.07) is 0.383. The second-order valence-corrected chi connectivity index (χ2v) is 5.27. The largest absolute Gasteiger partial charge is 0.365 e. The molecule has 2 aliphatic rings. The van der Waals surface area contributed by atoms with E-state index >= 15 is 0 Å². The van der Waals surface area contributed by atoms with E-state index in [4.69, 9.17) is 4.74 Å². The fourth-order valence-electron chi connectivity index (χ4n) is 2.63. The maximum Gasteiger partial charge on any atom is 0.252 e. The molecular weight excluding hydrogens is 190 g/mol. The molecule has 1 saturated heterocycles. The van der Waals surface area contributed by atoms with Gasteiger partial charge < -0.3 is 10.1 Å². The molecule has 0 radical (unpaired) electrons. The Balaban J connectivity index is 1.86. The van der Waals surface area contributed by atoms with Crippen molar-refractivity contribution in [2.45, 2.75) is 57.6 Å². The summed E-state index contributed by atoms with van der Waals surface area (Å²) in [5, 5.41) is 3.13. The van der Waals surface area contributed by atoms with Crippen LogP contribution in [-0.4, -0.2) is 24.2 Å². The number of ether oxygens (including phenoxy) is 1. The topological polar surface area (TPSA) is 38.3 Å². The lowest BCUT2D eigenvalue weighted by Gasteiger charge is -2.24. The fourth-order valence-corrected chi connectivity index (χ4v) is 2.63. The molecule has 86 valence electrons. The van der Waals surface area contributed by atoms with E-state index in [0.29, 0.717) is 6.04 Å². The minimum atomic E-state index is -0.550. The van der Waals surface area contributed by atoms with Crippen molar-refractivity contribution in [2.24, 2.45) is 5.92 Å². The second kappa shape index (κ2) is 4.12. The first-order valence-electron chi connectivity index (χ1n) is 6.05. The predicted molar refractivity (Wildman–Crippen MR) is 58.5 cm³/mol. The molecule has 0 aromatic rings. The maximum atomic E-state index is 12.0. The van der Waals surface area contributed by atoms with E-state index in [1.807, 2.05) is 6.92 Å². The van der Waals surface area contributed by atoms with Crippen LogP contribution in [0.3, 0.4) is 0 Å². The van der Waals surface area contributed by atoms with Gasteiger partial charge in [0.05, 0.1) is 0 Å². The lowest BCUT2D eigenvalue weighted by molar-refractivity contribution is -0.140. The van der Waals surface area contributed by atoms with Crippen LogP contribution >= 0.6 is 0 Å². The van der Waals surface area contributed by atoms with Gasteiger partial charge in [0, 0.05) is 12.6 Å². The third kappa shape index (κ3) is 2.33. The van der Waals surface area contributed by atoms with E-state index in [9.17, 15) is 4.79 Å². The van der Waals surface area contributed by atoms with Crippen LogP contribution in [0.15, 0.2) is 0 Å². The monoisotopic (exact) mass is 211 g/mol. The maximum absolute atomic E-state index is 12.0. The molecule has 1 heterocycles. The van der Waals surface area contributed by atoms with Gasteiger partial charge in [-0.3, -0.25) is 4.79 Å². The number of hydrogen-bond acceptors (Lipinski definition) is 2. The number of nitrogens with one attached hydrogen (secondary N) is 1. The molecule has 15 heavy (non-hydrogen) atoms. The number of rotatable bonds is 2. The van der Waals surface area contributed by atoms with Crippen LogP contribution in [0.1, 0.15) is 46.0 Å². The number of carbonyl (C=O) groups is 1. The summed E-state index contributed by atoms with van der Waals surface area (Å²) in [6.45, 7) is 4.89. The molecular formula is C12H21NO2. The van der Waals surface area contributed by atoms with Crippen molar-refractivity contribution in [3.05, 3.63) is 0 Å². The molecule has 0 aromatic carbocycles. The molecule has 2 rings (SSSR count). The Morgan fingerprint density at radius 2 is 2.27 bits per heavy atom. The van der Waals surface area contributed by atoms with E-state index < -0.39 is 5.60 Å². The lowest BCUT2D eigenvalue weighted by atomic mass is 10.0. The van der Waals surface area contributed by atoms with Crippen molar-refractivity contribution in [1.82, 2.24) is 5.32 Å². The van der Waals surface area contributed by atoms with E-state index in [-0.39, 0.29) is 5.91 Å². The Kier molecular flexibility index (Phi) is 3.01. The molecule has 0 spiro atoms. The molecule has 1 N–H and O–H groups in total. The summed E-state index contributed by atoms with van der Waals surface area (Å²) >= 11 is 0. The zero-order valence-electron chi connectivity index (χ0n) is 9.71. The first kappa shape index (κ1) is 10.9. The summed E-state index contributed by atoms with van der Waals surface area (Å²) in [5.41, 5.74) is -0.550. The van der Waals surface area contributed by atoms with Gasteiger partial charge in [-0.25, -0.2) is 0 Å². The highest BCUT2D eigenvalue weighted by atomic mass is 16.5. The number of hydrogen-bond donors (Lipinski definition) is 1. The number of amides is 1. The molecule has 3 atom stereocenters. The van der Waals surface area contributed by atoms with Crippen LogP contribution in [-0.2, 0) is 9.53 Å². The summed E-state index contributed by atoms with van der Waals surface area (Å²) < 4.78 is 5.53. The quantitative estimate of drug-likeness (QED) is 0.757. The molecule has 1 amide bonds. The predicted octanol–water partition coefficient (Wildman–Crippen LogP) is 1.86. The normalized spacial score (nSPS) is 40.7. The molecule has 1 aliphatic heterocycles. The minimum Gasteiger partial charge on any atom is -0.365 e. The average Bonchev–Trinajstić information content (AvgIpc) is 2.76. The van der Waals surface area contributed by atoms with Crippen molar-refractivity contribution < 1.29 is 9.53 Å². The zero-order valence-corrected chi connectivity index (χ0v) is 9.71. The van der Waals surface area contributed by atoms with Crippen LogP contribution in [0.4, 0.5) is 0 Å². The van der Waals surface area contributed by atoms with E-state index in [1.165, 1.54) is 6.42 Å². The van der Waals surface area contributed by atoms with Gasteiger partial charge in [-0.15, -0.1) is 0 Å². The summed E-state index contributed by atoms with van der Waals surface area (Å²) in [5.74, 6) is 0.853. The first-order chi connectivity index (χ1) is 7.10. The van der Waals surface area contributed by atoms with Gasteiger partial charge in [0.15, 0.2) is 0 Å². The Morgan fingerprint density at radius 1 is 1.47 bits per heavy atom. The van der Waals surface area contributed by atoms with Crippen molar-refractivity contribution in [3.63, 3.8) is 0 Å². The van der Waals surface area contributed by atoms with Crippen LogP contribution in [0, 0.1) is 5.92 Å². The summed E-state index contributed by atoms with van der Waals surface area (Å²) in [6.07, 6.45) is 5.36. The van der Waals surface area contributed by atoms with Crippen molar-refractivity contribution in [1.29, 1.82) is 0 Å². The Hall–Kier alpha value is -0.570. The molecule has 1 aliphatic carbocycles. The average molecular weight is 211 g/mol. The van der Waals surface area contributed by atoms with Crippen molar-refractivity contribution in [2.75, 3.05) is 6.61 Å². The van der Waals surface area contributed by atoms with Gasteiger partial charge in [-0.1, -0.05) is 6.92 Å². The SMILES string of the molecule is CC1CCC(NC(=O)C2(C)CCCO2)C1. The van der Waals surface area contributed by atoms with Gasteiger partial charge in [0.25, 0.3) is 5.91 Å². The third-order valence-electron chi connectivity index (χ3n) is 3.73. The molecule has 3 heteroatoms. The molecule has 1 saturated carbocycles. The molecule has 3 unspecified atom stereocenters. The van der Waals surface area contributed by atoms with E-state index in [0.717, 1.165) is 38.2 Å². The van der Waals surface area contributed by atoms with Crippen molar-refractivity contribution >= 4 is 5.91 Å². The van der Waals surface area contributed by atoms with E-state index in [2.05, 4.69) is 12.2 Å². The van der Waals surface area contributed by atoms with Gasteiger partial charge in [-0.2, -0.15) is 0 Å². The van der Waals surface area contributed by atoms with Crippen LogP contribution in [0.5, 0.6) is 0 Å². The van der Waals surface area contributed by atoms with Crippen LogP contribution < -0.4 is 5.32 Å². The molecule has 0 bridgehead atoms. The smallest absolute Gasteiger partial charge is 0.252 e. The standard InChI is InChI=1S/C12H21NO2/c1-9-4-5-10(8-9)13-11(14)12(2)6-3-7-15-12/h9-10H,3-8H2,1-2H3,(H,13,14). The molecule has 0 aromatic heterocycles. The van der Waals surface area contributed by atoms with Gasteiger partial charge >= 0.3 is 0 Å². The first-order valence-corrected chi connectivity index (χ1v) is 6.05. The van der Waals surface area contributed by atoms with Crippen molar-refractivity contribution in [3.8, 4) is 0 Å². The highest BCUT2D eigenvalue weighted by molar-refractivity contribution is 5.85. The van der Waals surface area contributed by atoms with E-state index in [1.54, 1.807) is 0 Å². The lowest BCUT2D eigenvalue weighted by Crippen LogP contribution is -2.47. The fraction of sp³-hybridized carbons (Fsp3) is 0.917. The molecule has 2 fully saturated rings. The third-order valence-corrected chi connectivity index (χ3v) is 3.73.